The molecule has 8 heteroatoms. The number of hydrogen-bond donors (Lipinski definition) is 0. The van der Waals surface area contributed by atoms with Gasteiger partial charge in [0.1, 0.15) is 5.75 Å². The first-order valence-electron chi connectivity index (χ1n) is 8.38. The van der Waals surface area contributed by atoms with Crippen LogP contribution in [-0.2, 0) is 14.6 Å². The molecule has 0 radical (unpaired) electrons. The molecule has 2 fully saturated rings. The van der Waals surface area contributed by atoms with Gasteiger partial charge in [0, 0.05) is 23.9 Å². The van der Waals surface area contributed by atoms with E-state index in [0.29, 0.717) is 11.8 Å². The fraction of sp³-hybridized carbons (Fsp3) is 0.529. The number of carbonyl (C=O) groups is 1. The molecule has 2 aliphatic heterocycles. The molecule has 2 unspecified atom stereocenters. The number of benzene rings is 1. The van der Waals surface area contributed by atoms with E-state index in [1.165, 1.54) is 18.7 Å². The average molecular weight is 383 g/mol. The summed E-state index contributed by atoms with van der Waals surface area (Å²) in [6.07, 6.45) is 2.03. The number of nitrogens with zero attached hydrogens (tertiary/aromatic N) is 2. The smallest absolute Gasteiger partial charge is 0.244 e. The third-order valence-corrected chi connectivity index (χ3v) is 7.39. The van der Waals surface area contributed by atoms with Crippen molar-refractivity contribution in [1.82, 2.24) is 0 Å². The summed E-state index contributed by atoms with van der Waals surface area (Å²) in [7, 11) is -3.06. The zero-order valence-electron chi connectivity index (χ0n) is 14.3. The van der Waals surface area contributed by atoms with Crippen LogP contribution >= 0.6 is 11.8 Å². The van der Waals surface area contributed by atoms with Gasteiger partial charge in [-0.3, -0.25) is 4.79 Å². The first-order chi connectivity index (χ1) is 11.9. The number of rotatable bonds is 5. The first kappa shape index (κ1) is 18.3. The predicted molar refractivity (Wildman–Crippen MR) is 101 cm³/mol. The van der Waals surface area contributed by atoms with Crippen LogP contribution in [0.3, 0.4) is 0 Å². The Labute approximate surface area is 152 Å². The normalized spacial score (nSPS) is 26.0. The SMILES string of the molecule is CCCCOc1cccc(N2C(=NC(C)=O)SC3CS(=O)(=O)CC32)c1. The van der Waals surface area contributed by atoms with Crippen molar-refractivity contribution in [1.29, 1.82) is 0 Å². The van der Waals surface area contributed by atoms with Gasteiger partial charge in [-0.1, -0.05) is 31.2 Å². The summed E-state index contributed by atoms with van der Waals surface area (Å²) in [5.41, 5.74) is 0.811. The number of thioether (sulfide) groups is 1. The van der Waals surface area contributed by atoms with E-state index in [-0.39, 0.29) is 28.7 Å². The molecular weight excluding hydrogens is 360 g/mol. The highest BCUT2D eigenvalue weighted by atomic mass is 32.2. The van der Waals surface area contributed by atoms with Crippen LogP contribution in [0.25, 0.3) is 0 Å². The number of aliphatic imine (C=N–C) groups is 1. The molecule has 3 rings (SSSR count). The lowest BCUT2D eigenvalue weighted by atomic mass is 10.2. The van der Waals surface area contributed by atoms with Crippen LogP contribution < -0.4 is 9.64 Å². The monoisotopic (exact) mass is 382 g/mol. The van der Waals surface area contributed by atoms with Crippen molar-refractivity contribution >= 4 is 38.4 Å². The van der Waals surface area contributed by atoms with Crippen molar-refractivity contribution in [3.63, 3.8) is 0 Å². The number of amidine groups is 1. The van der Waals surface area contributed by atoms with Crippen LogP contribution in [0, 0.1) is 0 Å². The van der Waals surface area contributed by atoms with Crippen molar-refractivity contribution < 1.29 is 17.9 Å². The van der Waals surface area contributed by atoms with Crippen molar-refractivity contribution in [2.24, 2.45) is 4.99 Å². The fourth-order valence-corrected chi connectivity index (χ4v) is 7.02. The molecule has 1 amide bonds. The zero-order chi connectivity index (χ0) is 18.0. The third kappa shape index (κ3) is 4.17. The van der Waals surface area contributed by atoms with Crippen LogP contribution in [0.2, 0.25) is 0 Å². The molecule has 1 aromatic carbocycles. The summed E-state index contributed by atoms with van der Waals surface area (Å²) in [6, 6.07) is 7.35. The number of carbonyl (C=O) groups excluding carboxylic acids is 1. The second-order valence-corrected chi connectivity index (χ2v) is 9.64. The topological polar surface area (TPSA) is 76.0 Å². The minimum absolute atomic E-state index is 0.0858. The summed E-state index contributed by atoms with van der Waals surface area (Å²) < 4.78 is 29.8. The van der Waals surface area contributed by atoms with Gasteiger partial charge in [-0.05, 0) is 18.6 Å². The van der Waals surface area contributed by atoms with Crippen LogP contribution in [0.1, 0.15) is 26.7 Å². The highest BCUT2D eigenvalue weighted by Gasteiger charge is 2.49. The van der Waals surface area contributed by atoms with E-state index >= 15 is 0 Å². The molecule has 136 valence electrons. The number of hydrogen-bond acceptors (Lipinski definition) is 5. The molecule has 6 nitrogen and oxygen atoms in total. The van der Waals surface area contributed by atoms with Gasteiger partial charge in [-0.2, -0.15) is 4.99 Å². The van der Waals surface area contributed by atoms with E-state index in [4.69, 9.17) is 4.74 Å². The van der Waals surface area contributed by atoms with Gasteiger partial charge in [0.05, 0.1) is 24.2 Å². The summed E-state index contributed by atoms with van der Waals surface area (Å²) in [4.78, 5) is 17.5. The lowest BCUT2D eigenvalue weighted by molar-refractivity contribution is -0.115. The van der Waals surface area contributed by atoms with Crippen LogP contribution in [0.15, 0.2) is 29.3 Å². The van der Waals surface area contributed by atoms with E-state index in [1.807, 2.05) is 29.2 Å². The van der Waals surface area contributed by atoms with Crippen LogP contribution in [0.4, 0.5) is 5.69 Å². The van der Waals surface area contributed by atoms with E-state index in [0.717, 1.165) is 24.3 Å². The van der Waals surface area contributed by atoms with Crippen molar-refractivity contribution in [3.8, 4) is 5.75 Å². The Balaban J connectivity index is 1.91. The molecule has 2 atom stereocenters. The third-order valence-electron chi connectivity index (χ3n) is 4.18. The van der Waals surface area contributed by atoms with Crippen LogP contribution in [0.5, 0.6) is 5.75 Å². The quantitative estimate of drug-likeness (QED) is 0.728. The number of amides is 1. The Morgan fingerprint density at radius 2 is 2.20 bits per heavy atom. The van der Waals surface area contributed by atoms with Gasteiger partial charge in [0.15, 0.2) is 15.0 Å². The van der Waals surface area contributed by atoms with Gasteiger partial charge in [-0.25, -0.2) is 8.42 Å². The van der Waals surface area contributed by atoms with Gasteiger partial charge < -0.3 is 9.64 Å². The maximum absolute atomic E-state index is 12.0. The van der Waals surface area contributed by atoms with Crippen LogP contribution in [-0.4, -0.2) is 48.9 Å². The highest BCUT2D eigenvalue weighted by molar-refractivity contribution is 8.16. The molecule has 25 heavy (non-hydrogen) atoms. The lowest BCUT2D eigenvalue weighted by Crippen LogP contribution is -2.37. The molecule has 2 aliphatic rings. The Morgan fingerprint density at radius 3 is 2.92 bits per heavy atom. The van der Waals surface area contributed by atoms with Crippen molar-refractivity contribution in [2.45, 2.75) is 38.0 Å². The molecule has 0 N–H and O–H groups in total. The minimum Gasteiger partial charge on any atom is -0.494 e. The Bertz CT molecular complexity index is 792. The van der Waals surface area contributed by atoms with E-state index in [9.17, 15) is 13.2 Å². The molecule has 0 spiro atoms. The van der Waals surface area contributed by atoms with E-state index in [2.05, 4.69) is 11.9 Å². The second-order valence-electron chi connectivity index (χ2n) is 6.28. The zero-order valence-corrected chi connectivity index (χ0v) is 16.0. The number of unbranched alkanes of at least 4 members (excludes halogenated alkanes) is 1. The standard InChI is InChI=1S/C17H22N2O4S2/c1-3-4-8-23-14-7-5-6-13(9-14)19-15-10-25(21,22)11-16(15)24-17(19)18-12(2)20/h5-7,9,15-16H,3-4,8,10-11H2,1-2H3. The summed E-state index contributed by atoms with van der Waals surface area (Å²) in [5.74, 6) is 0.665. The number of sulfone groups is 1. The van der Waals surface area contributed by atoms with Gasteiger partial charge in [-0.15, -0.1) is 0 Å². The molecule has 0 aromatic heterocycles. The maximum Gasteiger partial charge on any atom is 0.244 e. The summed E-state index contributed by atoms with van der Waals surface area (Å²) in [6.45, 7) is 4.15. The molecule has 1 aromatic rings. The van der Waals surface area contributed by atoms with Crippen molar-refractivity contribution in [3.05, 3.63) is 24.3 Å². The molecule has 2 heterocycles. The lowest BCUT2D eigenvalue weighted by Gasteiger charge is -2.24. The molecule has 0 bridgehead atoms. The van der Waals surface area contributed by atoms with Gasteiger partial charge in [0.2, 0.25) is 5.91 Å². The Kier molecular flexibility index (Phi) is 5.38. The number of fused-ring (bicyclic) bond motifs is 1. The largest absolute Gasteiger partial charge is 0.494 e. The summed E-state index contributed by atoms with van der Waals surface area (Å²) >= 11 is 1.38. The second kappa shape index (κ2) is 7.37. The number of anilines is 1. The van der Waals surface area contributed by atoms with E-state index < -0.39 is 9.84 Å². The Morgan fingerprint density at radius 1 is 1.40 bits per heavy atom. The average Bonchev–Trinajstić information content (AvgIpc) is 2.98. The van der Waals surface area contributed by atoms with Gasteiger partial charge >= 0.3 is 0 Å². The first-order valence-corrected chi connectivity index (χ1v) is 11.1. The summed E-state index contributed by atoms with van der Waals surface area (Å²) in [5, 5.41) is 0.482. The minimum atomic E-state index is -3.06. The number of ether oxygens (including phenoxy) is 1. The highest BCUT2D eigenvalue weighted by Crippen LogP contribution is 2.41. The fourth-order valence-electron chi connectivity index (χ4n) is 3.06. The molecule has 2 saturated heterocycles. The predicted octanol–water partition coefficient (Wildman–Crippen LogP) is 2.49. The van der Waals surface area contributed by atoms with Crippen molar-refractivity contribution in [2.75, 3.05) is 23.0 Å². The Hall–Kier alpha value is -1.54. The molecule has 0 aliphatic carbocycles. The molecular formula is C17H22N2O4S2. The molecule has 0 saturated carbocycles. The van der Waals surface area contributed by atoms with Gasteiger partial charge in [0.25, 0.3) is 0 Å². The van der Waals surface area contributed by atoms with E-state index in [1.54, 1.807) is 0 Å². The maximum atomic E-state index is 12.0.